The largest absolute Gasteiger partial charge is 0.534 e. The Bertz CT molecular complexity index is 558. The molecular weight excluding hydrogens is 329 g/mol. The van der Waals surface area contributed by atoms with Gasteiger partial charge in [0.15, 0.2) is 0 Å². The minimum atomic E-state index is -5.62. The highest BCUT2D eigenvalue weighted by Crippen LogP contribution is 2.39. The molecule has 8 heteroatoms. The Labute approximate surface area is 126 Å². The van der Waals surface area contributed by atoms with Gasteiger partial charge in [-0.3, -0.25) is 0 Å². The zero-order chi connectivity index (χ0) is 15.7. The van der Waals surface area contributed by atoms with E-state index in [1.807, 2.05) is 0 Å². The summed E-state index contributed by atoms with van der Waals surface area (Å²) in [6, 6.07) is 0. The second-order valence-corrected chi connectivity index (χ2v) is 7.31. The highest BCUT2D eigenvalue weighted by Gasteiger charge is 2.49. The predicted octanol–water partition coefficient (Wildman–Crippen LogP) is 4.60. The van der Waals surface area contributed by atoms with Crippen molar-refractivity contribution in [3.8, 4) is 0 Å². The van der Waals surface area contributed by atoms with Crippen LogP contribution in [0.5, 0.6) is 0 Å². The molecule has 1 fully saturated rings. The van der Waals surface area contributed by atoms with Crippen molar-refractivity contribution in [3.05, 3.63) is 22.4 Å². The van der Waals surface area contributed by atoms with Crippen LogP contribution in [-0.4, -0.2) is 13.9 Å². The lowest BCUT2D eigenvalue weighted by Crippen LogP contribution is -2.26. The van der Waals surface area contributed by atoms with E-state index < -0.39 is 15.6 Å². The summed E-state index contributed by atoms with van der Waals surface area (Å²) in [6.07, 6.45) is 6.60. The van der Waals surface area contributed by atoms with Crippen LogP contribution in [0.1, 0.15) is 44.9 Å². The van der Waals surface area contributed by atoms with E-state index in [9.17, 15) is 21.6 Å². The third kappa shape index (κ3) is 3.94. The fraction of sp³-hybridized carbons (Fsp3) is 0.692. The number of hydrogen-bond acceptors (Lipinski definition) is 3. The van der Waals surface area contributed by atoms with E-state index in [4.69, 9.17) is 11.6 Å². The van der Waals surface area contributed by atoms with Gasteiger partial charge in [-0.15, -0.1) is 0 Å². The maximum atomic E-state index is 12.5. The predicted molar refractivity (Wildman–Crippen MR) is 72.8 cm³/mol. The van der Waals surface area contributed by atoms with Crippen molar-refractivity contribution in [2.75, 3.05) is 0 Å². The van der Waals surface area contributed by atoms with Crippen LogP contribution in [0.3, 0.4) is 0 Å². The molecule has 0 unspecified atom stereocenters. The Morgan fingerprint density at radius 2 is 1.76 bits per heavy atom. The highest BCUT2D eigenvalue weighted by atomic mass is 35.5. The molecular formula is C13H16ClF3O3S. The van der Waals surface area contributed by atoms with Crippen LogP contribution < -0.4 is 0 Å². The Kier molecular flexibility index (Phi) is 4.92. The molecule has 0 aliphatic heterocycles. The van der Waals surface area contributed by atoms with E-state index in [-0.39, 0.29) is 18.1 Å². The Balaban J connectivity index is 2.31. The zero-order valence-electron chi connectivity index (χ0n) is 11.2. The van der Waals surface area contributed by atoms with Crippen LogP contribution in [0.4, 0.5) is 13.2 Å². The van der Waals surface area contributed by atoms with Gasteiger partial charge in [-0.25, -0.2) is 0 Å². The standard InChI is InChI=1S/C13H16ClF3O3S/c14-10-6-7-12(20-21(18,19)13(15,16)17)11(8-10)9-4-2-1-3-5-9/h8-9H,1-7H2. The first-order chi connectivity index (χ1) is 9.71. The highest BCUT2D eigenvalue weighted by molar-refractivity contribution is 7.87. The summed E-state index contributed by atoms with van der Waals surface area (Å²) in [7, 11) is -5.62. The number of halogens is 4. The Morgan fingerprint density at radius 1 is 1.14 bits per heavy atom. The van der Waals surface area contributed by atoms with E-state index in [2.05, 4.69) is 4.18 Å². The molecule has 0 heterocycles. The van der Waals surface area contributed by atoms with Gasteiger partial charge in [0.05, 0.1) is 0 Å². The van der Waals surface area contributed by atoms with Crippen LogP contribution in [0.2, 0.25) is 0 Å². The number of rotatable bonds is 3. The fourth-order valence-corrected chi connectivity index (χ4v) is 3.48. The molecule has 1 saturated carbocycles. The monoisotopic (exact) mass is 344 g/mol. The van der Waals surface area contributed by atoms with Crippen molar-refractivity contribution in [2.24, 2.45) is 5.92 Å². The normalized spacial score (nSPS) is 22.2. The third-order valence-electron chi connectivity index (χ3n) is 3.76. The van der Waals surface area contributed by atoms with E-state index in [0.717, 1.165) is 32.1 Å². The summed E-state index contributed by atoms with van der Waals surface area (Å²) >= 11 is 5.96. The average Bonchev–Trinajstić information content (AvgIpc) is 2.40. The van der Waals surface area contributed by atoms with Crippen LogP contribution in [0.25, 0.3) is 0 Å². The van der Waals surface area contributed by atoms with Crippen molar-refractivity contribution in [1.82, 2.24) is 0 Å². The van der Waals surface area contributed by atoms with Gasteiger partial charge in [0.25, 0.3) is 0 Å². The molecule has 2 aliphatic rings. The second kappa shape index (κ2) is 6.20. The summed E-state index contributed by atoms with van der Waals surface area (Å²) in [6.45, 7) is 0. The van der Waals surface area contributed by atoms with Crippen molar-refractivity contribution < 1.29 is 25.8 Å². The topological polar surface area (TPSA) is 43.4 Å². The molecule has 2 aliphatic carbocycles. The summed E-state index contributed by atoms with van der Waals surface area (Å²) < 4.78 is 64.1. The van der Waals surface area contributed by atoms with Gasteiger partial charge in [-0.1, -0.05) is 30.9 Å². The van der Waals surface area contributed by atoms with E-state index in [1.54, 1.807) is 6.08 Å². The minimum Gasteiger partial charge on any atom is -0.380 e. The molecule has 21 heavy (non-hydrogen) atoms. The van der Waals surface area contributed by atoms with Gasteiger partial charge in [-0.2, -0.15) is 21.6 Å². The van der Waals surface area contributed by atoms with Gasteiger partial charge < -0.3 is 4.18 Å². The van der Waals surface area contributed by atoms with Crippen LogP contribution in [0.15, 0.2) is 22.4 Å². The summed E-state index contributed by atoms with van der Waals surface area (Å²) in [5.74, 6) is -0.0881. The Morgan fingerprint density at radius 3 is 2.33 bits per heavy atom. The first-order valence-corrected chi connectivity index (χ1v) is 8.59. The average molecular weight is 345 g/mol. The number of alkyl halides is 3. The molecule has 0 amide bonds. The summed E-state index contributed by atoms with van der Waals surface area (Å²) in [5.41, 5.74) is -4.90. The molecule has 120 valence electrons. The van der Waals surface area contributed by atoms with Gasteiger partial charge >= 0.3 is 15.6 Å². The van der Waals surface area contributed by atoms with Gasteiger partial charge in [0.2, 0.25) is 0 Å². The second-order valence-electron chi connectivity index (χ2n) is 5.29. The smallest absolute Gasteiger partial charge is 0.380 e. The molecule has 0 spiro atoms. The lowest BCUT2D eigenvalue weighted by atomic mass is 9.81. The molecule has 0 aromatic carbocycles. The van der Waals surface area contributed by atoms with Crippen molar-refractivity contribution >= 4 is 21.7 Å². The Hall–Kier alpha value is -0.690. The molecule has 0 atom stereocenters. The van der Waals surface area contributed by atoms with E-state index >= 15 is 0 Å². The van der Waals surface area contributed by atoms with Crippen molar-refractivity contribution in [2.45, 2.75) is 50.5 Å². The quantitative estimate of drug-likeness (QED) is 0.555. The van der Waals surface area contributed by atoms with Gasteiger partial charge in [-0.05, 0) is 36.8 Å². The maximum absolute atomic E-state index is 12.5. The number of hydrogen-bond donors (Lipinski definition) is 0. The third-order valence-corrected chi connectivity index (χ3v) is 5.05. The summed E-state index contributed by atoms with van der Waals surface area (Å²) in [4.78, 5) is 0. The van der Waals surface area contributed by atoms with E-state index in [1.165, 1.54) is 0 Å². The van der Waals surface area contributed by atoms with E-state index in [0.29, 0.717) is 17.0 Å². The molecule has 0 aromatic rings. The van der Waals surface area contributed by atoms with Gasteiger partial charge in [0, 0.05) is 11.5 Å². The zero-order valence-corrected chi connectivity index (χ0v) is 12.8. The lowest BCUT2D eigenvalue weighted by Gasteiger charge is -2.27. The SMILES string of the molecule is O=S(=O)(OC1=C(C2CCCCC2)C=C(Cl)CC1)C(F)(F)F. The number of allylic oxidation sites excluding steroid dienone is 4. The minimum absolute atomic E-state index is 0.0197. The van der Waals surface area contributed by atoms with Crippen LogP contribution in [-0.2, 0) is 14.3 Å². The summed E-state index contributed by atoms with van der Waals surface area (Å²) in [5, 5.41) is 0.521. The maximum Gasteiger partial charge on any atom is 0.534 e. The first kappa shape index (κ1) is 16.7. The van der Waals surface area contributed by atoms with Crippen LogP contribution in [0, 0.1) is 5.92 Å². The molecule has 3 nitrogen and oxygen atoms in total. The molecule has 2 rings (SSSR count). The molecule has 0 aromatic heterocycles. The van der Waals surface area contributed by atoms with Gasteiger partial charge in [0.1, 0.15) is 5.76 Å². The first-order valence-electron chi connectivity index (χ1n) is 6.80. The van der Waals surface area contributed by atoms with Crippen LogP contribution >= 0.6 is 11.6 Å². The fourth-order valence-electron chi connectivity index (χ4n) is 2.73. The van der Waals surface area contributed by atoms with Crippen molar-refractivity contribution in [1.29, 1.82) is 0 Å². The van der Waals surface area contributed by atoms with Crippen molar-refractivity contribution in [3.63, 3.8) is 0 Å². The lowest BCUT2D eigenvalue weighted by molar-refractivity contribution is -0.0524. The molecule has 0 radical (unpaired) electrons. The molecule has 0 saturated heterocycles. The molecule has 0 bridgehead atoms. The molecule has 0 N–H and O–H groups in total.